The van der Waals surface area contributed by atoms with Gasteiger partial charge in [0.05, 0.1) is 12.8 Å². The van der Waals surface area contributed by atoms with Crippen molar-refractivity contribution in [2.24, 2.45) is 5.92 Å². The lowest BCUT2D eigenvalue weighted by molar-refractivity contribution is -0.120. The highest BCUT2D eigenvalue weighted by molar-refractivity contribution is 5.93. The van der Waals surface area contributed by atoms with E-state index in [1.165, 1.54) is 7.11 Å². The van der Waals surface area contributed by atoms with Gasteiger partial charge in [-0.3, -0.25) is 4.79 Å². The third-order valence-electron chi connectivity index (χ3n) is 2.57. The van der Waals surface area contributed by atoms with Crippen molar-refractivity contribution in [3.63, 3.8) is 0 Å². The Balaban J connectivity index is 2.44. The summed E-state index contributed by atoms with van der Waals surface area (Å²) in [6.45, 7) is 4.86. The van der Waals surface area contributed by atoms with E-state index in [1.807, 2.05) is 0 Å². The van der Waals surface area contributed by atoms with Crippen molar-refractivity contribution in [3.05, 3.63) is 18.2 Å². The van der Waals surface area contributed by atoms with Gasteiger partial charge in [-0.2, -0.15) is 0 Å². The van der Waals surface area contributed by atoms with Gasteiger partial charge in [0.25, 0.3) is 0 Å². The van der Waals surface area contributed by atoms with Crippen LogP contribution in [0.3, 0.4) is 0 Å². The van der Waals surface area contributed by atoms with Crippen LogP contribution in [0.2, 0.25) is 0 Å². The molecular weight excluding hydrogens is 244 g/mol. The highest BCUT2D eigenvalue weighted by Gasteiger charge is 2.08. The third kappa shape index (κ3) is 5.61. The molecule has 0 spiro atoms. The molecule has 0 aromatic heterocycles. The van der Waals surface area contributed by atoms with Crippen molar-refractivity contribution in [3.8, 4) is 5.75 Å². The Labute approximate surface area is 114 Å². The van der Waals surface area contributed by atoms with E-state index in [2.05, 4.69) is 19.2 Å². The first-order valence-electron chi connectivity index (χ1n) is 6.34. The van der Waals surface area contributed by atoms with Gasteiger partial charge < -0.3 is 20.5 Å². The Bertz CT molecular complexity index is 419. The molecule has 0 unspecified atom stereocenters. The Morgan fingerprint density at radius 3 is 2.79 bits per heavy atom. The second-order valence-corrected chi connectivity index (χ2v) is 4.74. The molecule has 3 N–H and O–H groups in total. The number of benzene rings is 1. The van der Waals surface area contributed by atoms with E-state index in [4.69, 9.17) is 15.2 Å². The topological polar surface area (TPSA) is 73.6 Å². The Morgan fingerprint density at radius 2 is 2.16 bits per heavy atom. The quantitative estimate of drug-likeness (QED) is 0.586. The molecule has 0 aliphatic rings. The maximum atomic E-state index is 11.7. The van der Waals surface area contributed by atoms with E-state index < -0.39 is 0 Å². The lowest BCUT2D eigenvalue weighted by Crippen LogP contribution is -2.19. The number of nitrogens with one attached hydrogen (secondary N) is 1. The normalized spacial score (nSPS) is 10.5. The Kier molecular flexibility index (Phi) is 6.15. The number of nitrogens with two attached hydrogens (primary N) is 1. The standard InChI is InChI=1S/C14H22N2O3/c1-10(2)6-7-19-9-14(17)16-12-5-4-11(15)8-13(12)18-3/h4-5,8,10H,6-7,9,15H2,1-3H3,(H,16,17). The van der Waals surface area contributed by atoms with Crippen LogP contribution in [0, 0.1) is 5.92 Å². The van der Waals surface area contributed by atoms with Gasteiger partial charge >= 0.3 is 0 Å². The molecular formula is C14H22N2O3. The van der Waals surface area contributed by atoms with E-state index in [1.54, 1.807) is 18.2 Å². The summed E-state index contributed by atoms with van der Waals surface area (Å²) in [5.74, 6) is 0.905. The second kappa shape index (κ2) is 7.63. The van der Waals surface area contributed by atoms with E-state index >= 15 is 0 Å². The monoisotopic (exact) mass is 266 g/mol. The molecule has 0 radical (unpaired) electrons. The molecule has 5 heteroatoms. The fourth-order valence-corrected chi connectivity index (χ4v) is 1.48. The molecule has 0 bridgehead atoms. The van der Waals surface area contributed by atoms with Gasteiger partial charge in [-0.1, -0.05) is 13.8 Å². The zero-order chi connectivity index (χ0) is 14.3. The number of carbonyl (C=O) groups excluding carboxylic acids is 1. The van der Waals surface area contributed by atoms with Crippen LogP contribution >= 0.6 is 0 Å². The SMILES string of the molecule is COc1cc(N)ccc1NC(=O)COCCC(C)C. The summed E-state index contributed by atoms with van der Waals surface area (Å²) in [6.07, 6.45) is 0.943. The molecule has 1 rings (SSSR count). The van der Waals surface area contributed by atoms with Gasteiger partial charge in [0.1, 0.15) is 12.4 Å². The van der Waals surface area contributed by atoms with E-state index in [9.17, 15) is 4.79 Å². The Hall–Kier alpha value is -1.75. The first-order valence-corrected chi connectivity index (χ1v) is 6.34. The highest BCUT2D eigenvalue weighted by atomic mass is 16.5. The first-order chi connectivity index (χ1) is 9.02. The molecule has 0 aliphatic heterocycles. The minimum absolute atomic E-state index is 0.0419. The summed E-state index contributed by atoms with van der Waals surface area (Å²) < 4.78 is 10.4. The maximum absolute atomic E-state index is 11.7. The largest absolute Gasteiger partial charge is 0.494 e. The molecule has 0 heterocycles. The average Bonchev–Trinajstić information content (AvgIpc) is 2.36. The van der Waals surface area contributed by atoms with Gasteiger partial charge in [-0.15, -0.1) is 0 Å². The van der Waals surface area contributed by atoms with Crippen molar-refractivity contribution in [1.29, 1.82) is 0 Å². The number of carbonyl (C=O) groups is 1. The van der Waals surface area contributed by atoms with Gasteiger partial charge in [-0.25, -0.2) is 0 Å². The van der Waals surface area contributed by atoms with Gasteiger partial charge in [0.15, 0.2) is 0 Å². The van der Waals surface area contributed by atoms with Crippen LogP contribution in [0.4, 0.5) is 11.4 Å². The van der Waals surface area contributed by atoms with Crippen LogP contribution < -0.4 is 15.8 Å². The maximum Gasteiger partial charge on any atom is 0.250 e. The van der Waals surface area contributed by atoms with E-state index in [0.717, 1.165) is 6.42 Å². The van der Waals surface area contributed by atoms with Crippen molar-refractivity contribution >= 4 is 17.3 Å². The minimum Gasteiger partial charge on any atom is -0.494 e. The van der Waals surface area contributed by atoms with Crippen LogP contribution in [0.25, 0.3) is 0 Å². The molecule has 106 valence electrons. The van der Waals surface area contributed by atoms with Crippen LogP contribution in [0.15, 0.2) is 18.2 Å². The summed E-state index contributed by atoms with van der Waals surface area (Å²) in [4.78, 5) is 11.7. The number of methoxy groups -OCH3 is 1. The minimum atomic E-state index is -0.202. The molecule has 1 aromatic rings. The zero-order valence-corrected chi connectivity index (χ0v) is 11.7. The molecule has 1 aromatic carbocycles. The number of nitrogen functional groups attached to an aromatic ring is 1. The number of hydrogen-bond acceptors (Lipinski definition) is 4. The molecule has 0 aliphatic carbocycles. The molecule has 19 heavy (non-hydrogen) atoms. The van der Waals surface area contributed by atoms with Crippen molar-refractivity contribution < 1.29 is 14.3 Å². The van der Waals surface area contributed by atoms with Crippen LogP contribution in [-0.4, -0.2) is 26.2 Å². The first kappa shape index (κ1) is 15.3. The lowest BCUT2D eigenvalue weighted by atomic mass is 10.1. The molecule has 1 amide bonds. The zero-order valence-electron chi connectivity index (χ0n) is 11.7. The molecule has 5 nitrogen and oxygen atoms in total. The van der Waals surface area contributed by atoms with Gasteiger partial charge in [-0.05, 0) is 24.5 Å². The summed E-state index contributed by atoms with van der Waals surface area (Å²) in [7, 11) is 1.53. The van der Waals surface area contributed by atoms with E-state index in [-0.39, 0.29) is 12.5 Å². The van der Waals surface area contributed by atoms with Crippen molar-refractivity contribution in [1.82, 2.24) is 0 Å². The van der Waals surface area contributed by atoms with Crippen LogP contribution in [-0.2, 0) is 9.53 Å². The molecule has 0 saturated carbocycles. The lowest BCUT2D eigenvalue weighted by Gasteiger charge is -2.11. The number of rotatable bonds is 7. The fraction of sp³-hybridized carbons (Fsp3) is 0.500. The highest BCUT2D eigenvalue weighted by Crippen LogP contribution is 2.26. The van der Waals surface area contributed by atoms with Gasteiger partial charge in [0, 0.05) is 18.4 Å². The van der Waals surface area contributed by atoms with E-state index in [0.29, 0.717) is 29.6 Å². The average molecular weight is 266 g/mol. The number of amides is 1. The molecule has 0 atom stereocenters. The van der Waals surface area contributed by atoms with Crippen LogP contribution in [0.1, 0.15) is 20.3 Å². The summed E-state index contributed by atoms with van der Waals surface area (Å²) in [5.41, 5.74) is 6.82. The summed E-state index contributed by atoms with van der Waals surface area (Å²) in [5, 5.41) is 2.73. The van der Waals surface area contributed by atoms with Crippen LogP contribution in [0.5, 0.6) is 5.75 Å². The fourth-order valence-electron chi connectivity index (χ4n) is 1.48. The summed E-state index contributed by atoms with van der Waals surface area (Å²) in [6, 6.07) is 5.08. The predicted molar refractivity (Wildman–Crippen MR) is 76.3 cm³/mol. The third-order valence-corrected chi connectivity index (χ3v) is 2.57. The van der Waals surface area contributed by atoms with Gasteiger partial charge in [0.2, 0.25) is 5.91 Å². The molecule has 0 fully saturated rings. The molecule has 0 saturated heterocycles. The van der Waals surface area contributed by atoms with Crippen molar-refractivity contribution in [2.45, 2.75) is 20.3 Å². The number of anilines is 2. The Morgan fingerprint density at radius 1 is 1.42 bits per heavy atom. The summed E-state index contributed by atoms with van der Waals surface area (Å²) >= 11 is 0. The predicted octanol–water partition coefficient (Wildman–Crippen LogP) is 2.28. The second-order valence-electron chi connectivity index (χ2n) is 4.74. The van der Waals surface area contributed by atoms with Crippen molar-refractivity contribution in [2.75, 3.05) is 31.4 Å². The number of ether oxygens (including phenoxy) is 2. The number of hydrogen-bond donors (Lipinski definition) is 2. The smallest absolute Gasteiger partial charge is 0.250 e.